The summed E-state index contributed by atoms with van der Waals surface area (Å²) in [5.74, 6) is 1.77. The fourth-order valence-corrected chi connectivity index (χ4v) is 11.7. The maximum atomic E-state index is 6.74. The fourth-order valence-electron chi connectivity index (χ4n) is 10.6. The van der Waals surface area contributed by atoms with E-state index in [4.69, 9.17) is 4.74 Å². The van der Waals surface area contributed by atoms with Crippen LogP contribution in [0.1, 0.15) is 22.3 Å². The maximum absolute atomic E-state index is 6.74. The van der Waals surface area contributed by atoms with E-state index in [-0.39, 0.29) is 0 Å². The summed E-state index contributed by atoms with van der Waals surface area (Å²) < 4.78 is 9.26. The molecule has 11 aromatic rings. The third-order valence-electron chi connectivity index (χ3n) is 13.1. The molecular formula is C59H38N2OS. The zero-order chi connectivity index (χ0) is 41.5. The third-order valence-corrected chi connectivity index (χ3v) is 14.2. The Kier molecular flexibility index (Phi) is 7.99. The van der Waals surface area contributed by atoms with E-state index in [0.29, 0.717) is 0 Å². The lowest BCUT2D eigenvalue weighted by Crippen LogP contribution is -2.32. The number of hydrogen-bond donors (Lipinski definition) is 0. The van der Waals surface area contributed by atoms with E-state index in [9.17, 15) is 0 Å². The molecule has 0 N–H and O–H groups in total. The van der Waals surface area contributed by atoms with Crippen molar-refractivity contribution in [2.24, 2.45) is 0 Å². The van der Waals surface area contributed by atoms with Crippen molar-refractivity contribution < 1.29 is 4.74 Å². The molecular weight excluding hydrogens is 785 g/mol. The van der Waals surface area contributed by atoms with Crippen molar-refractivity contribution in [1.29, 1.82) is 0 Å². The van der Waals surface area contributed by atoms with Gasteiger partial charge in [-0.1, -0.05) is 164 Å². The SMILES string of the molecule is c1ccc(N(c2ccccc2)c2c(N(c3cccc4c3-c3ccccc3C43c4ccccc4Oc4ccccc43)c3cccc4sc5ccccc5c34)ccc3ccccc23)cc1. The first-order valence-electron chi connectivity index (χ1n) is 21.5. The van der Waals surface area contributed by atoms with Crippen LogP contribution in [0.5, 0.6) is 11.5 Å². The molecule has 296 valence electrons. The second-order valence-electron chi connectivity index (χ2n) is 16.3. The highest BCUT2D eigenvalue weighted by Gasteiger charge is 2.52. The van der Waals surface area contributed by atoms with Gasteiger partial charge in [-0.2, -0.15) is 0 Å². The Morgan fingerprint density at radius 2 is 0.921 bits per heavy atom. The van der Waals surface area contributed by atoms with E-state index in [2.05, 4.69) is 240 Å². The van der Waals surface area contributed by atoms with Gasteiger partial charge >= 0.3 is 0 Å². The lowest BCUT2D eigenvalue weighted by atomic mass is 9.66. The summed E-state index contributed by atoms with van der Waals surface area (Å²) in [6.45, 7) is 0. The summed E-state index contributed by atoms with van der Waals surface area (Å²) in [5.41, 5.74) is 13.2. The first-order valence-corrected chi connectivity index (χ1v) is 22.3. The highest BCUT2D eigenvalue weighted by Crippen LogP contribution is 2.65. The predicted octanol–water partition coefficient (Wildman–Crippen LogP) is 16.6. The molecule has 1 spiro atoms. The molecule has 1 aromatic heterocycles. The minimum Gasteiger partial charge on any atom is -0.457 e. The van der Waals surface area contributed by atoms with Gasteiger partial charge in [0.15, 0.2) is 0 Å². The number of hydrogen-bond acceptors (Lipinski definition) is 4. The molecule has 0 atom stereocenters. The highest BCUT2D eigenvalue weighted by molar-refractivity contribution is 7.26. The van der Waals surface area contributed by atoms with Crippen LogP contribution < -0.4 is 14.5 Å². The molecule has 4 heteroatoms. The van der Waals surface area contributed by atoms with Gasteiger partial charge in [0.1, 0.15) is 11.5 Å². The van der Waals surface area contributed by atoms with Crippen LogP contribution in [0.2, 0.25) is 0 Å². The van der Waals surface area contributed by atoms with Crippen LogP contribution >= 0.6 is 11.3 Å². The second-order valence-corrected chi connectivity index (χ2v) is 17.4. The van der Waals surface area contributed by atoms with Crippen LogP contribution in [0.4, 0.5) is 34.1 Å². The molecule has 0 saturated carbocycles. The molecule has 1 aliphatic carbocycles. The van der Waals surface area contributed by atoms with Crippen LogP contribution in [0.15, 0.2) is 231 Å². The van der Waals surface area contributed by atoms with Gasteiger partial charge in [0, 0.05) is 53.6 Å². The first kappa shape index (κ1) is 35.8. The van der Waals surface area contributed by atoms with Crippen molar-refractivity contribution >= 4 is 76.4 Å². The van der Waals surface area contributed by atoms with Crippen LogP contribution in [0.25, 0.3) is 42.1 Å². The van der Waals surface area contributed by atoms with E-state index in [1.807, 2.05) is 11.3 Å². The Hall–Kier alpha value is -7.92. The average Bonchev–Trinajstić information content (AvgIpc) is 3.88. The van der Waals surface area contributed by atoms with E-state index < -0.39 is 5.41 Å². The molecule has 0 saturated heterocycles. The van der Waals surface area contributed by atoms with E-state index in [1.54, 1.807) is 0 Å². The minimum absolute atomic E-state index is 0.619. The van der Waals surface area contributed by atoms with Crippen LogP contribution in [-0.4, -0.2) is 0 Å². The number of nitrogens with zero attached hydrogens (tertiary/aromatic N) is 2. The van der Waals surface area contributed by atoms with Gasteiger partial charge in [-0.15, -0.1) is 11.3 Å². The number of rotatable bonds is 6. The Morgan fingerprint density at radius 1 is 0.365 bits per heavy atom. The summed E-state index contributed by atoms with van der Waals surface area (Å²) in [6, 6.07) is 84.0. The molecule has 0 bridgehead atoms. The van der Waals surface area contributed by atoms with E-state index in [0.717, 1.165) is 62.1 Å². The highest BCUT2D eigenvalue weighted by atomic mass is 32.1. The Balaban J connectivity index is 1.20. The molecule has 13 rings (SSSR count). The van der Waals surface area contributed by atoms with Crippen LogP contribution in [0, 0.1) is 0 Å². The minimum atomic E-state index is -0.619. The zero-order valence-corrected chi connectivity index (χ0v) is 35.0. The summed E-state index contributed by atoms with van der Waals surface area (Å²) in [4.78, 5) is 5.02. The van der Waals surface area contributed by atoms with Crippen LogP contribution in [-0.2, 0) is 5.41 Å². The third kappa shape index (κ3) is 5.19. The Labute approximate surface area is 370 Å². The van der Waals surface area contributed by atoms with Gasteiger partial charge < -0.3 is 14.5 Å². The van der Waals surface area contributed by atoms with Gasteiger partial charge in [-0.05, 0) is 88.8 Å². The number of ether oxygens (including phenoxy) is 1. The smallest absolute Gasteiger partial charge is 0.132 e. The zero-order valence-electron chi connectivity index (χ0n) is 34.2. The molecule has 0 unspecified atom stereocenters. The maximum Gasteiger partial charge on any atom is 0.132 e. The van der Waals surface area contributed by atoms with Crippen molar-refractivity contribution in [3.8, 4) is 22.6 Å². The molecule has 3 nitrogen and oxygen atoms in total. The quantitative estimate of drug-likeness (QED) is 0.166. The number of benzene rings is 10. The Morgan fingerprint density at radius 3 is 1.67 bits per heavy atom. The largest absolute Gasteiger partial charge is 0.457 e. The van der Waals surface area contributed by atoms with E-state index in [1.165, 1.54) is 47.8 Å². The Bertz CT molecular complexity index is 3490. The number of para-hydroxylation sites is 4. The summed E-state index contributed by atoms with van der Waals surface area (Å²) in [7, 11) is 0. The topological polar surface area (TPSA) is 15.7 Å². The predicted molar refractivity (Wildman–Crippen MR) is 264 cm³/mol. The number of anilines is 6. The van der Waals surface area contributed by atoms with Gasteiger partial charge in [0.05, 0.1) is 28.2 Å². The number of thiophene rings is 1. The number of fused-ring (bicyclic) bond motifs is 13. The monoisotopic (exact) mass is 822 g/mol. The molecule has 2 aliphatic rings. The van der Waals surface area contributed by atoms with Gasteiger partial charge in [-0.3, -0.25) is 0 Å². The van der Waals surface area contributed by atoms with E-state index >= 15 is 0 Å². The van der Waals surface area contributed by atoms with Crippen molar-refractivity contribution in [1.82, 2.24) is 0 Å². The molecule has 0 fully saturated rings. The van der Waals surface area contributed by atoms with Gasteiger partial charge in [0.25, 0.3) is 0 Å². The molecule has 10 aromatic carbocycles. The lowest BCUT2D eigenvalue weighted by Gasteiger charge is -2.39. The lowest BCUT2D eigenvalue weighted by molar-refractivity contribution is 0.436. The summed E-state index contributed by atoms with van der Waals surface area (Å²) in [5, 5.41) is 4.82. The molecule has 2 heterocycles. The van der Waals surface area contributed by atoms with Gasteiger partial charge in [0.2, 0.25) is 0 Å². The van der Waals surface area contributed by atoms with Crippen molar-refractivity contribution in [3.63, 3.8) is 0 Å². The van der Waals surface area contributed by atoms with Crippen molar-refractivity contribution in [3.05, 3.63) is 253 Å². The first-order chi connectivity index (χ1) is 31.3. The summed E-state index contributed by atoms with van der Waals surface area (Å²) in [6.07, 6.45) is 0. The summed E-state index contributed by atoms with van der Waals surface area (Å²) >= 11 is 1.86. The fraction of sp³-hybridized carbons (Fsp3) is 0.0169. The second kappa shape index (κ2) is 14.1. The molecule has 0 amide bonds. The van der Waals surface area contributed by atoms with Gasteiger partial charge in [-0.25, -0.2) is 0 Å². The van der Waals surface area contributed by atoms with Crippen molar-refractivity contribution in [2.75, 3.05) is 9.80 Å². The standard InChI is InChI=1S/C59H38N2OS/c1-3-20-40(21-4-1)60(41-22-5-2-6-23-41)58-42-24-8-7-19-39(42)37-38-51(58)61(50-32-18-36-55-57(50)44-26-10-16-35-54(44)63-55)49-31-17-30-48-56(49)43-25-9-11-27-45(43)59(48)46-28-12-14-33-52(46)62-53-34-15-13-29-47(53)59/h1-38H. The van der Waals surface area contributed by atoms with Crippen LogP contribution in [0.3, 0.4) is 0 Å². The normalized spacial score (nSPS) is 13.0. The molecule has 1 aliphatic heterocycles. The molecule has 63 heavy (non-hydrogen) atoms. The van der Waals surface area contributed by atoms with Crippen molar-refractivity contribution in [2.45, 2.75) is 5.41 Å². The molecule has 0 radical (unpaired) electrons. The average molecular weight is 823 g/mol.